The van der Waals surface area contributed by atoms with Gasteiger partial charge >= 0.3 is 0 Å². The smallest absolute Gasteiger partial charge is 0.253 e. The fraction of sp³-hybridized carbons (Fsp3) is 0.500. The predicted molar refractivity (Wildman–Crippen MR) is 78.5 cm³/mol. The van der Waals surface area contributed by atoms with Gasteiger partial charge in [-0.1, -0.05) is 19.8 Å². The molecule has 0 aliphatic rings. The van der Waals surface area contributed by atoms with Crippen LogP contribution in [0.1, 0.15) is 36.5 Å². The second-order valence-corrected chi connectivity index (χ2v) is 3.94. The van der Waals surface area contributed by atoms with Crippen LogP contribution in [0, 0.1) is 5.82 Å². The van der Waals surface area contributed by atoms with Gasteiger partial charge in [0.05, 0.1) is 11.8 Å². The van der Waals surface area contributed by atoms with Crippen LogP contribution in [-0.4, -0.2) is 23.5 Å². The van der Waals surface area contributed by atoms with E-state index in [9.17, 15) is 9.18 Å². The van der Waals surface area contributed by atoms with Gasteiger partial charge in [0.25, 0.3) is 5.91 Å². The van der Waals surface area contributed by atoms with Crippen LogP contribution in [0.4, 0.5) is 4.39 Å². The van der Waals surface area contributed by atoms with E-state index in [0.29, 0.717) is 6.54 Å². The van der Waals surface area contributed by atoms with Crippen molar-refractivity contribution in [1.82, 2.24) is 10.3 Å². The highest BCUT2D eigenvalue weighted by Gasteiger charge is 2.12. The minimum atomic E-state index is -0.518. The summed E-state index contributed by atoms with van der Waals surface area (Å²) in [6.45, 7) is 2.46. The third kappa shape index (κ3) is 7.30. The number of amides is 1. The standard InChI is InChI=1S/C12H18FN3O.2ClH/c1-2-3-4-11(6-14)16-12(17)9-5-10(13)8-15-7-9;;/h5,7-8,11H,2-4,6,14H2,1H3,(H,16,17);2*1H. The molecule has 1 aromatic rings. The Hall–Kier alpha value is -0.910. The average molecular weight is 312 g/mol. The average Bonchev–Trinajstić information content (AvgIpc) is 2.34. The first-order valence-corrected chi connectivity index (χ1v) is 5.78. The summed E-state index contributed by atoms with van der Waals surface area (Å²) in [5.41, 5.74) is 5.79. The van der Waals surface area contributed by atoms with Crippen LogP contribution in [0.5, 0.6) is 0 Å². The van der Waals surface area contributed by atoms with Crippen LogP contribution < -0.4 is 11.1 Å². The molecule has 1 aromatic heterocycles. The predicted octanol–water partition coefficient (Wildman–Crippen LogP) is 2.31. The fourth-order valence-corrected chi connectivity index (χ4v) is 1.50. The Balaban J connectivity index is 0. The number of halogens is 3. The molecule has 0 bridgehead atoms. The molecule has 0 saturated heterocycles. The Morgan fingerprint density at radius 3 is 2.68 bits per heavy atom. The van der Waals surface area contributed by atoms with Crippen LogP contribution in [-0.2, 0) is 0 Å². The first-order valence-electron chi connectivity index (χ1n) is 5.78. The molecule has 7 heteroatoms. The zero-order valence-corrected chi connectivity index (χ0v) is 12.4. The molecule has 0 spiro atoms. The lowest BCUT2D eigenvalue weighted by Gasteiger charge is -2.16. The number of aromatic nitrogens is 1. The van der Waals surface area contributed by atoms with Crippen molar-refractivity contribution in [2.24, 2.45) is 5.73 Å². The monoisotopic (exact) mass is 311 g/mol. The summed E-state index contributed by atoms with van der Waals surface area (Å²) in [5, 5.41) is 2.77. The maximum absolute atomic E-state index is 12.9. The second-order valence-electron chi connectivity index (χ2n) is 3.94. The molecule has 1 atom stereocenters. The van der Waals surface area contributed by atoms with Crippen molar-refractivity contribution in [1.29, 1.82) is 0 Å². The number of nitrogens with one attached hydrogen (secondary N) is 1. The lowest BCUT2D eigenvalue weighted by atomic mass is 10.1. The number of nitrogens with two attached hydrogens (primary N) is 1. The number of carbonyl (C=O) groups is 1. The Kier molecular flexibility index (Phi) is 11.8. The summed E-state index contributed by atoms with van der Waals surface area (Å²) < 4.78 is 12.9. The summed E-state index contributed by atoms with van der Waals surface area (Å²) in [7, 11) is 0. The summed E-state index contributed by atoms with van der Waals surface area (Å²) in [6.07, 6.45) is 5.29. The number of nitrogens with zero attached hydrogens (tertiary/aromatic N) is 1. The second kappa shape index (κ2) is 11.0. The summed E-state index contributed by atoms with van der Waals surface area (Å²) in [4.78, 5) is 15.4. The van der Waals surface area contributed by atoms with Gasteiger partial charge in [-0.25, -0.2) is 4.39 Å². The highest BCUT2D eigenvalue weighted by atomic mass is 35.5. The Labute approximate surface area is 125 Å². The van der Waals surface area contributed by atoms with Crippen molar-refractivity contribution in [2.75, 3.05) is 6.54 Å². The Morgan fingerprint density at radius 1 is 1.47 bits per heavy atom. The molecule has 1 unspecified atom stereocenters. The van der Waals surface area contributed by atoms with Gasteiger partial charge in [0.1, 0.15) is 5.82 Å². The molecule has 0 aromatic carbocycles. The first-order chi connectivity index (χ1) is 8.17. The van der Waals surface area contributed by atoms with Crippen molar-refractivity contribution in [3.05, 3.63) is 29.8 Å². The van der Waals surface area contributed by atoms with Crippen molar-refractivity contribution < 1.29 is 9.18 Å². The van der Waals surface area contributed by atoms with Crippen LogP contribution in [0.15, 0.2) is 18.5 Å². The minimum absolute atomic E-state index is 0. The van der Waals surface area contributed by atoms with Gasteiger partial charge in [0.15, 0.2) is 0 Å². The van der Waals surface area contributed by atoms with Gasteiger partial charge in [0.2, 0.25) is 0 Å². The van der Waals surface area contributed by atoms with Crippen molar-refractivity contribution >= 4 is 30.7 Å². The highest BCUT2D eigenvalue weighted by Crippen LogP contribution is 2.04. The summed E-state index contributed by atoms with van der Waals surface area (Å²) in [5.74, 6) is -0.848. The third-order valence-electron chi connectivity index (χ3n) is 2.49. The van der Waals surface area contributed by atoms with Crippen LogP contribution in [0.3, 0.4) is 0 Å². The zero-order valence-electron chi connectivity index (χ0n) is 10.8. The van der Waals surface area contributed by atoms with Crippen molar-refractivity contribution in [2.45, 2.75) is 32.2 Å². The molecule has 0 fully saturated rings. The van der Waals surface area contributed by atoms with Crippen molar-refractivity contribution in [3.63, 3.8) is 0 Å². The van der Waals surface area contributed by atoms with Gasteiger partial charge in [-0.3, -0.25) is 9.78 Å². The number of unbranched alkanes of at least 4 members (excludes halogenated alkanes) is 1. The van der Waals surface area contributed by atoms with E-state index in [1.807, 2.05) is 0 Å². The summed E-state index contributed by atoms with van der Waals surface area (Å²) >= 11 is 0. The van der Waals surface area contributed by atoms with Gasteiger partial charge in [-0.2, -0.15) is 0 Å². The van der Waals surface area contributed by atoms with Gasteiger partial charge in [0, 0.05) is 18.8 Å². The van der Waals surface area contributed by atoms with Gasteiger partial charge < -0.3 is 11.1 Å². The van der Waals surface area contributed by atoms with Gasteiger partial charge in [-0.15, -0.1) is 24.8 Å². The maximum Gasteiger partial charge on any atom is 0.253 e. The molecule has 1 rings (SSSR count). The van der Waals surface area contributed by atoms with E-state index in [0.717, 1.165) is 31.5 Å². The molecule has 0 radical (unpaired) electrons. The van der Waals surface area contributed by atoms with Gasteiger partial charge in [-0.05, 0) is 12.5 Å². The Morgan fingerprint density at radius 2 is 2.16 bits per heavy atom. The molecule has 19 heavy (non-hydrogen) atoms. The number of hydrogen-bond donors (Lipinski definition) is 2. The quantitative estimate of drug-likeness (QED) is 0.847. The highest BCUT2D eigenvalue weighted by molar-refractivity contribution is 5.94. The molecule has 4 nitrogen and oxygen atoms in total. The maximum atomic E-state index is 12.9. The first kappa shape index (κ1) is 20.4. The molecule has 1 amide bonds. The van der Waals surface area contributed by atoms with Crippen molar-refractivity contribution in [3.8, 4) is 0 Å². The van der Waals surface area contributed by atoms with Crippen LogP contribution >= 0.6 is 24.8 Å². The molecule has 0 aliphatic heterocycles. The van der Waals surface area contributed by atoms with E-state index in [1.54, 1.807) is 0 Å². The third-order valence-corrected chi connectivity index (χ3v) is 2.49. The molecule has 0 saturated carbocycles. The Bertz CT molecular complexity index is 380. The van der Waals surface area contributed by atoms with E-state index in [2.05, 4.69) is 17.2 Å². The molecular formula is C12H20Cl2FN3O. The zero-order chi connectivity index (χ0) is 12.7. The largest absolute Gasteiger partial charge is 0.348 e. The molecular weight excluding hydrogens is 292 g/mol. The van der Waals surface area contributed by atoms with Crippen LogP contribution in [0.2, 0.25) is 0 Å². The van der Waals surface area contributed by atoms with E-state index in [1.165, 1.54) is 6.20 Å². The van der Waals surface area contributed by atoms with E-state index in [4.69, 9.17) is 5.73 Å². The SMILES string of the molecule is CCCCC(CN)NC(=O)c1cncc(F)c1.Cl.Cl. The van der Waals surface area contributed by atoms with E-state index >= 15 is 0 Å². The van der Waals surface area contributed by atoms with Crippen LogP contribution in [0.25, 0.3) is 0 Å². The fourth-order valence-electron chi connectivity index (χ4n) is 1.50. The minimum Gasteiger partial charge on any atom is -0.348 e. The number of rotatable bonds is 6. The summed E-state index contributed by atoms with van der Waals surface area (Å²) in [6, 6.07) is 1.10. The van der Waals surface area contributed by atoms with E-state index in [-0.39, 0.29) is 42.3 Å². The molecule has 3 N–H and O–H groups in total. The normalized spacial score (nSPS) is 10.9. The lowest BCUT2D eigenvalue weighted by molar-refractivity contribution is 0.0935. The van der Waals surface area contributed by atoms with E-state index < -0.39 is 5.82 Å². The molecule has 110 valence electrons. The number of carbonyl (C=O) groups excluding carboxylic acids is 1. The number of pyridine rings is 1. The topological polar surface area (TPSA) is 68.0 Å². The molecule has 1 heterocycles. The molecule has 0 aliphatic carbocycles. The number of hydrogen-bond acceptors (Lipinski definition) is 3. The lowest BCUT2D eigenvalue weighted by Crippen LogP contribution is -2.40.